The van der Waals surface area contributed by atoms with Crippen LogP contribution in [-0.2, 0) is 27.1 Å². The summed E-state index contributed by atoms with van der Waals surface area (Å²) in [7, 11) is 1.88. The zero-order chi connectivity index (χ0) is 26.3. The second-order valence-electron chi connectivity index (χ2n) is 9.39. The molecular weight excluding hydrogens is 464 g/mol. The maximum absolute atomic E-state index is 12.9. The number of benzene rings is 2. The van der Waals surface area contributed by atoms with Gasteiger partial charge < -0.3 is 20.1 Å². The molecule has 2 N–H and O–H groups in total. The van der Waals surface area contributed by atoms with Crippen LogP contribution in [0.25, 0.3) is 5.57 Å². The minimum Gasteiger partial charge on any atom is -0.379 e. The molecule has 0 aromatic heterocycles. The first-order valence-electron chi connectivity index (χ1n) is 13.7. The number of ketones is 1. The fourth-order valence-corrected chi connectivity index (χ4v) is 4.53. The number of amides is 1. The molecule has 0 radical (unpaired) electrons. The number of rotatable bonds is 16. The molecule has 1 amide bonds. The molecule has 2 aromatic carbocycles. The summed E-state index contributed by atoms with van der Waals surface area (Å²) >= 11 is 0. The molecule has 0 heterocycles. The highest BCUT2D eigenvalue weighted by Gasteiger charge is 2.19. The van der Waals surface area contributed by atoms with Gasteiger partial charge in [0.2, 0.25) is 5.91 Å². The average Bonchev–Trinajstić information content (AvgIpc) is 3.07. The third kappa shape index (κ3) is 9.22. The van der Waals surface area contributed by atoms with Crippen LogP contribution in [0.2, 0.25) is 0 Å². The quantitative estimate of drug-likeness (QED) is 0.254. The number of Topliss-reactive ketones (excluding diaryl/α,β-unsaturated/α-hetero) is 1. The smallest absolute Gasteiger partial charge is 0.222 e. The van der Waals surface area contributed by atoms with Crippen LogP contribution in [-0.4, -0.2) is 58.3 Å². The van der Waals surface area contributed by atoms with E-state index >= 15 is 0 Å². The van der Waals surface area contributed by atoms with Crippen molar-refractivity contribution in [3.05, 3.63) is 76.4 Å². The van der Waals surface area contributed by atoms with Crippen molar-refractivity contribution in [1.29, 1.82) is 0 Å². The summed E-state index contributed by atoms with van der Waals surface area (Å²) in [5.74, 6) is 0.0686. The zero-order valence-corrected chi connectivity index (χ0v) is 22.4. The summed E-state index contributed by atoms with van der Waals surface area (Å²) < 4.78 is 10.8. The van der Waals surface area contributed by atoms with Crippen LogP contribution in [0, 0.1) is 0 Å². The van der Waals surface area contributed by atoms with E-state index in [1.807, 2.05) is 13.1 Å². The highest BCUT2D eigenvalue weighted by atomic mass is 16.5. The highest BCUT2D eigenvalue weighted by molar-refractivity contribution is 5.97. The molecule has 0 saturated heterocycles. The topological polar surface area (TPSA) is 76.7 Å². The summed E-state index contributed by atoms with van der Waals surface area (Å²) in [6.07, 6.45) is 7.73. The second kappa shape index (κ2) is 16.1. The Morgan fingerprint density at radius 1 is 0.892 bits per heavy atom. The lowest BCUT2D eigenvalue weighted by molar-refractivity contribution is -0.122. The number of nitrogens with one attached hydrogen (secondary N) is 2. The minimum absolute atomic E-state index is 0.0560. The van der Waals surface area contributed by atoms with Crippen molar-refractivity contribution in [2.45, 2.75) is 51.9 Å². The van der Waals surface area contributed by atoms with Crippen LogP contribution >= 0.6 is 0 Å². The molecule has 200 valence electrons. The molecule has 1 aliphatic rings. The molecule has 6 nitrogen and oxygen atoms in total. The Kier molecular flexibility index (Phi) is 12.5. The van der Waals surface area contributed by atoms with E-state index in [1.165, 1.54) is 27.8 Å². The second-order valence-corrected chi connectivity index (χ2v) is 9.39. The Labute approximate surface area is 221 Å². The fraction of sp³-hybridized carbons (Fsp3) is 0.484. The van der Waals surface area contributed by atoms with Gasteiger partial charge in [-0.2, -0.15) is 0 Å². The maximum Gasteiger partial charge on any atom is 0.222 e. The van der Waals surface area contributed by atoms with Gasteiger partial charge in [0.25, 0.3) is 0 Å². The predicted octanol–water partition coefficient (Wildman–Crippen LogP) is 4.74. The molecule has 1 aliphatic carbocycles. The van der Waals surface area contributed by atoms with Crippen molar-refractivity contribution in [3.8, 4) is 0 Å². The van der Waals surface area contributed by atoms with Crippen molar-refractivity contribution >= 4 is 17.3 Å². The van der Waals surface area contributed by atoms with Crippen LogP contribution in [0.3, 0.4) is 0 Å². The van der Waals surface area contributed by atoms with Crippen LogP contribution < -0.4 is 10.6 Å². The molecule has 37 heavy (non-hydrogen) atoms. The van der Waals surface area contributed by atoms with Gasteiger partial charge in [-0.1, -0.05) is 55.8 Å². The number of ether oxygens (including phenoxy) is 2. The number of unbranched alkanes of at least 4 members (excludes halogenated alkanes) is 1. The van der Waals surface area contributed by atoms with E-state index < -0.39 is 0 Å². The van der Waals surface area contributed by atoms with Gasteiger partial charge in [0, 0.05) is 31.5 Å². The fourth-order valence-electron chi connectivity index (χ4n) is 4.53. The van der Waals surface area contributed by atoms with E-state index in [9.17, 15) is 9.59 Å². The molecule has 0 bridgehead atoms. The van der Waals surface area contributed by atoms with Crippen molar-refractivity contribution in [1.82, 2.24) is 10.6 Å². The van der Waals surface area contributed by atoms with Gasteiger partial charge in [0.05, 0.1) is 26.4 Å². The van der Waals surface area contributed by atoms with Crippen LogP contribution in [0.4, 0.5) is 0 Å². The summed E-state index contributed by atoms with van der Waals surface area (Å²) in [6.45, 7) is 5.52. The number of carbonyl (C=O) groups is 2. The number of carbonyl (C=O) groups excluding carboxylic acids is 2. The van der Waals surface area contributed by atoms with Crippen LogP contribution in [0.1, 0.15) is 71.6 Å². The predicted molar refractivity (Wildman–Crippen MR) is 149 cm³/mol. The Morgan fingerprint density at radius 3 is 2.46 bits per heavy atom. The van der Waals surface area contributed by atoms with Crippen molar-refractivity contribution in [2.75, 3.05) is 46.6 Å². The van der Waals surface area contributed by atoms with Crippen molar-refractivity contribution < 1.29 is 19.1 Å². The van der Waals surface area contributed by atoms with E-state index in [2.05, 4.69) is 60.0 Å². The lowest BCUT2D eigenvalue weighted by Crippen LogP contribution is -2.26. The third-order valence-electron chi connectivity index (χ3n) is 6.57. The van der Waals surface area contributed by atoms with Gasteiger partial charge in [-0.3, -0.25) is 9.59 Å². The molecule has 0 aliphatic heterocycles. The van der Waals surface area contributed by atoms with Gasteiger partial charge in [-0.25, -0.2) is 0 Å². The SMILES string of the molecule is CCC/C=C1\c2ccccc2CCc2cc(C(=O)CCCNC(=O)CCOCCOCCNC)ccc21. The number of allylic oxidation sites excluding steroid dienone is 1. The Morgan fingerprint density at radius 2 is 1.65 bits per heavy atom. The molecule has 2 aromatic rings. The highest BCUT2D eigenvalue weighted by Crippen LogP contribution is 2.34. The summed E-state index contributed by atoms with van der Waals surface area (Å²) in [6, 6.07) is 14.8. The lowest BCUT2D eigenvalue weighted by Gasteiger charge is -2.13. The van der Waals surface area contributed by atoms with E-state index in [-0.39, 0.29) is 11.7 Å². The molecule has 0 fully saturated rings. The van der Waals surface area contributed by atoms with Crippen molar-refractivity contribution in [3.63, 3.8) is 0 Å². The molecule has 0 atom stereocenters. The zero-order valence-electron chi connectivity index (χ0n) is 22.4. The van der Waals surface area contributed by atoms with E-state index in [0.29, 0.717) is 52.2 Å². The van der Waals surface area contributed by atoms with Gasteiger partial charge in [0.1, 0.15) is 0 Å². The summed E-state index contributed by atoms with van der Waals surface area (Å²) in [5, 5.41) is 5.89. The first-order chi connectivity index (χ1) is 18.1. The maximum atomic E-state index is 12.9. The first kappa shape index (κ1) is 28.8. The van der Waals surface area contributed by atoms with E-state index in [0.717, 1.165) is 37.8 Å². The number of likely N-dealkylation sites (N-methyl/N-ethyl adjacent to an activating group) is 1. The Hall–Kier alpha value is -2.80. The lowest BCUT2D eigenvalue weighted by atomic mass is 9.91. The average molecular weight is 507 g/mol. The Balaban J connectivity index is 1.44. The van der Waals surface area contributed by atoms with Gasteiger partial charge in [0.15, 0.2) is 5.78 Å². The van der Waals surface area contributed by atoms with Crippen LogP contribution in [0.15, 0.2) is 48.5 Å². The van der Waals surface area contributed by atoms with Gasteiger partial charge >= 0.3 is 0 Å². The van der Waals surface area contributed by atoms with Gasteiger partial charge in [-0.05, 0) is 66.6 Å². The number of fused-ring (bicyclic) bond motifs is 2. The molecule has 0 unspecified atom stereocenters. The standard InChI is InChI=1S/C31H42N2O4/c1-3-4-9-29-27-10-6-5-8-24(27)12-13-25-23-26(14-15-28(25)29)30(34)11-7-17-33-31(35)16-19-36-21-22-37-20-18-32-2/h5-6,8-10,14-15,23,32H,3-4,7,11-13,16-22H2,1-2H3,(H,33,35)/b29-9+. The molecule has 6 heteroatoms. The van der Waals surface area contributed by atoms with E-state index in [4.69, 9.17) is 9.47 Å². The minimum atomic E-state index is -0.0560. The monoisotopic (exact) mass is 506 g/mol. The summed E-state index contributed by atoms with van der Waals surface area (Å²) in [5.41, 5.74) is 7.22. The number of hydrogen-bond acceptors (Lipinski definition) is 5. The number of aryl methyl sites for hydroxylation is 2. The molecular formula is C31H42N2O4. The summed E-state index contributed by atoms with van der Waals surface area (Å²) in [4.78, 5) is 24.9. The molecule has 0 saturated carbocycles. The van der Waals surface area contributed by atoms with Gasteiger partial charge in [-0.15, -0.1) is 0 Å². The number of hydrogen-bond donors (Lipinski definition) is 2. The molecule has 3 rings (SSSR count). The molecule has 0 spiro atoms. The van der Waals surface area contributed by atoms with Crippen molar-refractivity contribution in [2.24, 2.45) is 0 Å². The first-order valence-corrected chi connectivity index (χ1v) is 13.7. The normalized spacial score (nSPS) is 13.6. The third-order valence-corrected chi connectivity index (χ3v) is 6.57. The van der Waals surface area contributed by atoms with E-state index in [1.54, 1.807) is 0 Å². The van der Waals surface area contributed by atoms with Crippen LogP contribution in [0.5, 0.6) is 0 Å². The largest absolute Gasteiger partial charge is 0.379 e. The Bertz CT molecular complexity index is 1050.